The highest BCUT2D eigenvalue weighted by atomic mass is 16.5. The first kappa shape index (κ1) is 16.8. The molecule has 0 unspecified atom stereocenters. The zero-order valence-electron chi connectivity index (χ0n) is 15.1. The van der Waals surface area contributed by atoms with Crippen LogP contribution in [0.5, 0.6) is 5.75 Å². The number of aryl methyl sites for hydroxylation is 3. The van der Waals surface area contributed by atoms with E-state index in [4.69, 9.17) is 4.74 Å². The van der Waals surface area contributed by atoms with E-state index in [9.17, 15) is 4.79 Å². The Morgan fingerprint density at radius 3 is 2.77 bits per heavy atom. The minimum Gasteiger partial charge on any atom is -0.484 e. The Hall–Kier alpha value is -2.63. The molecule has 0 saturated carbocycles. The number of aromatic nitrogens is 2. The van der Waals surface area contributed by atoms with E-state index in [0.717, 1.165) is 48.8 Å². The smallest absolute Gasteiger partial charge is 0.260 e. The first-order valence-corrected chi connectivity index (χ1v) is 9.27. The number of rotatable bonds is 4. The van der Waals surface area contributed by atoms with Crippen LogP contribution in [0.1, 0.15) is 23.2 Å². The predicted molar refractivity (Wildman–Crippen MR) is 99.5 cm³/mol. The SMILES string of the molecule is Cc1cccc(OCC(=O)N2CCN(c3cc4c(nn3)CCC4)CC2)c1. The van der Waals surface area contributed by atoms with E-state index in [1.165, 1.54) is 12.0 Å². The molecule has 1 saturated heterocycles. The quantitative estimate of drug-likeness (QED) is 0.842. The topological polar surface area (TPSA) is 58.6 Å². The molecule has 0 N–H and O–H groups in total. The molecule has 136 valence electrons. The summed E-state index contributed by atoms with van der Waals surface area (Å²) in [5.74, 6) is 1.71. The highest BCUT2D eigenvalue weighted by Gasteiger charge is 2.23. The van der Waals surface area contributed by atoms with Gasteiger partial charge in [-0.3, -0.25) is 4.79 Å². The Morgan fingerprint density at radius 2 is 1.96 bits per heavy atom. The number of hydrogen-bond donors (Lipinski definition) is 0. The van der Waals surface area contributed by atoms with Crippen molar-refractivity contribution in [3.63, 3.8) is 0 Å². The zero-order valence-corrected chi connectivity index (χ0v) is 15.1. The summed E-state index contributed by atoms with van der Waals surface area (Å²) in [5.41, 5.74) is 3.61. The molecule has 1 aliphatic heterocycles. The van der Waals surface area contributed by atoms with Gasteiger partial charge in [-0.1, -0.05) is 12.1 Å². The number of benzene rings is 1. The molecule has 2 aromatic rings. The summed E-state index contributed by atoms with van der Waals surface area (Å²) in [5, 5.41) is 8.74. The van der Waals surface area contributed by atoms with E-state index in [2.05, 4.69) is 21.2 Å². The van der Waals surface area contributed by atoms with E-state index < -0.39 is 0 Å². The number of anilines is 1. The molecule has 1 amide bonds. The minimum absolute atomic E-state index is 0.0335. The van der Waals surface area contributed by atoms with Crippen molar-refractivity contribution < 1.29 is 9.53 Å². The summed E-state index contributed by atoms with van der Waals surface area (Å²) in [6.45, 7) is 5.04. The van der Waals surface area contributed by atoms with Gasteiger partial charge in [0.15, 0.2) is 12.4 Å². The Bertz CT molecular complexity index is 800. The van der Waals surface area contributed by atoms with Crippen molar-refractivity contribution in [3.8, 4) is 5.75 Å². The Morgan fingerprint density at radius 1 is 1.12 bits per heavy atom. The maximum atomic E-state index is 12.4. The molecule has 2 aliphatic rings. The number of amides is 1. The van der Waals surface area contributed by atoms with Crippen molar-refractivity contribution in [3.05, 3.63) is 47.2 Å². The average Bonchev–Trinajstić information content (AvgIpc) is 3.14. The summed E-state index contributed by atoms with van der Waals surface area (Å²) in [4.78, 5) is 16.5. The second-order valence-electron chi connectivity index (χ2n) is 7.00. The average molecular weight is 352 g/mol. The van der Waals surface area contributed by atoms with E-state index in [1.54, 1.807) is 0 Å². The Kier molecular flexibility index (Phi) is 4.73. The van der Waals surface area contributed by atoms with Crippen molar-refractivity contribution in [1.29, 1.82) is 0 Å². The third-order valence-electron chi connectivity index (χ3n) is 5.12. The molecule has 2 heterocycles. The van der Waals surface area contributed by atoms with Crippen molar-refractivity contribution >= 4 is 11.7 Å². The summed E-state index contributed by atoms with van der Waals surface area (Å²) in [7, 11) is 0. The van der Waals surface area contributed by atoms with E-state index in [1.807, 2.05) is 36.1 Å². The molecule has 4 rings (SSSR count). The van der Waals surface area contributed by atoms with Crippen LogP contribution in [0.3, 0.4) is 0 Å². The van der Waals surface area contributed by atoms with Crippen LogP contribution in [-0.2, 0) is 17.6 Å². The number of fused-ring (bicyclic) bond motifs is 1. The highest BCUT2D eigenvalue weighted by molar-refractivity contribution is 5.78. The van der Waals surface area contributed by atoms with Crippen molar-refractivity contribution in [2.75, 3.05) is 37.7 Å². The molecule has 6 nitrogen and oxygen atoms in total. The van der Waals surface area contributed by atoms with Crippen molar-refractivity contribution in [2.45, 2.75) is 26.2 Å². The van der Waals surface area contributed by atoms with Crippen LogP contribution in [0.15, 0.2) is 30.3 Å². The van der Waals surface area contributed by atoms with Crippen LogP contribution in [0.25, 0.3) is 0 Å². The van der Waals surface area contributed by atoms with Crippen LogP contribution in [0, 0.1) is 6.92 Å². The molecule has 26 heavy (non-hydrogen) atoms. The van der Waals surface area contributed by atoms with Crippen LogP contribution in [0.2, 0.25) is 0 Å². The van der Waals surface area contributed by atoms with Crippen LogP contribution < -0.4 is 9.64 Å². The molecule has 6 heteroatoms. The minimum atomic E-state index is 0.0335. The summed E-state index contributed by atoms with van der Waals surface area (Å²) in [6, 6.07) is 9.94. The van der Waals surface area contributed by atoms with Gasteiger partial charge >= 0.3 is 0 Å². The Balaban J connectivity index is 1.29. The Labute approximate surface area is 153 Å². The van der Waals surface area contributed by atoms with Gasteiger partial charge in [0.1, 0.15) is 5.75 Å². The molecular weight excluding hydrogens is 328 g/mol. The lowest BCUT2D eigenvalue weighted by atomic mass is 10.2. The van der Waals surface area contributed by atoms with Gasteiger partial charge in [-0.05, 0) is 55.5 Å². The normalized spacial score (nSPS) is 16.5. The fourth-order valence-electron chi connectivity index (χ4n) is 3.60. The molecule has 1 fully saturated rings. The maximum Gasteiger partial charge on any atom is 0.260 e. The van der Waals surface area contributed by atoms with Gasteiger partial charge in [-0.2, -0.15) is 5.10 Å². The van der Waals surface area contributed by atoms with Crippen molar-refractivity contribution in [1.82, 2.24) is 15.1 Å². The molecule has 0 bridgehead atoms. The molecule has 1 aliphatic carbocycles. The number of nitrogens with zero attached hydrogens (tertiary/aromatic N) is 4. The first-order chi connectivity index (χ1) is 12.7. The number of carbonyl (C=O) groups excluding carboxylic acids is 1. The van der Waals surface area contributed by atoms with Gasteiger partial charge in [-0.15, -0.1) is 5.10 Å². The summed E-state index contributed by atoms with van der Waals surface area (Å²) in [6.07, 6.45) is 3.33. The first-order valence-electron chi connectivity index (χ1n) is 9.27. The van der Waals surface area contributed by atoms with Gasteiger partial charge in [0.05, 0.1) is 5.69 Å². The summed E-state index contributed by atoms with van der Waals surface area (Å²) < 4.78 is 5.64. The third kappa shape index (κ3) is 3.64. The molecule has 1 aromatic heterocycles. The standard InChI is InChI=1S/C20H24N4O2/c1-15-4-2-6-17(12-15)26-14-20(25)24-10-8-23(9-11-24)19-13-16-5-3-7-18(16)21-22-19/h2,4,6,12-13H,3,5,7-11,14H2,1H3. The number of hydrogen-bond acceptors (Lipinski definition) is 5. The second-order valence-corrected chi connectivity index (χ2v) is 7.00. The lowest BCUT2D eigenvalue weighted by Crippen LogP contribution is -2.50. The molecule has 0 radical (unpaired) electrons. The third-order valence-corrected chi connectivity index (χ3v) is 5.12. The van der Waals surface area contributed by atoms with Crippen molar-refractivity contribution in [2.24, 2.45) is 0 Å². The number of ether oxygens (including phenoxy) is 1. The van der Waals surface area contributed by atoms with Crippen LogP contribution in [-0.4, -0.2) is 53.8 Å². The number of carbonyl (C=O) groups is 1. The van der Waals surface area contributed by atoms with Gasteiger partial charge in [0, 0.05) is 26.2 Å². The van der Waals surface area contributed by atoms with Gasteiger partial charge in [0.2, 0.25) is 0 Å². The zero-order chi connectivity index (χ0) is 17.9. The predicted octanol–water partition coefficient (Wildman–Crippen LogP) is 2.00. The van der Waals surface area contributed by atoms with E-state index >= 15 is 0 Å². The lowest BCUT2D eigenvalue weighted by Gasteiger charge is -2.35. The maximum absolute atomic E-state index is 12.4. The molecule has 0 atom stereocenters. The molecule has 0 spiro atoms. The fourth-order valence-corrected chi connectivity index (χ4v) is 3.60. The summed E-state index contributed by atoms with van der Waals surface area (Å²) >= 11 is 0. The lowest BCUT2D eigenvalue weighted by molar-refractivity contribution is -0.133. The monoisotopic (exact) mass is 352 g/mol. The van der Waals surface area contributed by atoms with Gasteiger partial charge in [0.25, 0.3) is 5.91 Å². The molecule has 1 aromatic carbocycles. The van der Waals surface area contributed by atoms with E-state index in [0.29, 0.717) is 13.1 Å². The second kappa shape index (κ2) is 7.32. The van der Waals surface area contributed by atoms with Crippen LogP contribution in [0.4, 0.5) is 5.82 Å². The van der Waals surface area contributed by atoms with Gasteiger partial charge < -0.3 is 14.5 Å². The van der Waals surface area contributed by atoms with E-state index in [-0.39, 0.29) is 12.5 Å². The number of piperazine rings is 1. The molecular formula is C20H24N4O2. The van der Waals surface area contributed by atoms with Crippen LogP contribution >= 0.6 is 0 Å². The highest BCUT2D eigenvalue weighted by Crippen LogP contribution is 2.23. The largest absolute Gasteiger partial charge is 0.484 e. The fraction of sp³-hybridized carbons (Fsp3) is 0.450. The van der Waals surface area contributed by atoms with Gasteiger partial charge in [-0.25, -0.2) is 0 Å².